The number of benzene rings is 1. The number of carbonyl (C=O) groups is 1. The van der Waals surface area contributed by atoms with Crippen molar-refractivity contribution >= 4 is 28.5 Å². The minimum atomic E-state index is -0.0363. The monoisotopic (exact) mass is 347 g/mol. The Bertz CT molecular complexity index is 393. The smallest absolute Gasteiger partial charge is 0.251 e. The summed E-state index contributed by atoms with van der Waals surface area (Å²) < 4.78 is 1.10. The van der Waals surface area contributed by atoms with Gasteiger partial charge in [-0.3, -0.25) is 4.79 Å². The maximum absolute atomic E-state index is 11.9. The maximum atomic E-state index is 11.9. The Kier molecular flexibility index (Phi) is 5.91. The van der Waals surface area contributed by atoms with Crippen LogP contribution in [0.15, 0.2) is 18.2 Å². The van der Waals surface area contributed by atoms with Crippen molar-refractivity contribution in [3.05, 3.63) is 32.9 Å². The van der Waals surface area contributed by atoms with Crippen molar-refractivity contribution in [2.24, 2.45) is 5.92 Å². The number of carbonyl (C=O) groups excluding carboxylic acids is 1. The maximum Gasteiger partial charge on any atom is 0.251 e. The first-order valence-electron chi connectivity index (χ1n) is 5.70. The molecule has 1 aromatic rings. The molecule has 0 aliphatic carbocycles. The summed E-state index contributed by atoms with van der Waals surface area (Å²) in [5.74, 6) is 0.262. The second-order valence-electron chi connectivity index (χ2n) is 4.24. The van der Waals surface area contributed by atoms with Gasteiger partial charge in [0.15, 0.2) is 0 Å². The topological polar surface area (TPSA) is 49.3 Å². The van der Waals surface area contributed by atoms with E-state index in [0.717, 1.165) is 14.7 Å². The van der Waals surface area contributed by atoms with Gasteiger partial charge in [0.25, 0.3) is 5.91 Å². The number of rotatable bonds is 5. The van der Waals surface area contributed by atoms with E-state index in [4.69, 9.17) is 5.11 Å². The zero-order valence-electron chi connectivity index (χ0n) is 10.2. The molecule has 0 radical (unpaired) electrons. The molecule has 0 fully saturated rings. The Hall–Kier alpha value is -0.620. The summed E-state index contributed by atoms with van der Waals surface area (Å²) in [6.45, 7) is 4.73. The quantitative estimate of drug-likeness (QED) is 0.804. The minimum Gasteiger partial charge on any atom is -0.396 e. The van der Waals surface area contributed by atoms with Crippen LogP contribution < -0.4 is 5.32 Å². The first kappa shape index (κ1) is 14.4. The van der Waals surface area contributed by atoms with Crippen LogP contribution in [0, 0.1) is 16.4 Å². The molecule has 0 saturated carbocycles. The molecule has 1 atom stereocenters. The zero-order valence-corrected chi connectivity index (χ0v) is 12.3. The molecule has 0 aromatic heterocycles. The molecule has 1 rings (SSSR count). The van der Waals surface area contributed by atoms with E-state index in [1.165, 1.54) is 0 Å². The molecular weight excluding hydrogens is 329 g/mol. The van der Waals surface area contributed by atoms with Gasteiger partial charge < -0.3 is 10.4 Å². The van der Waals surface area contributed by atoms with Crippen molar-refractivity contribution in [3.63, 3.8) is 0 Å². The molecule has 3 nitrogen and oxygen atoms in total. The lowest BCUT2D eigenvalue weighted by atomic mass is 10.1. The van der Waals surface area contributed by atoms with E-state index in [9.17, 15) is 4.79 Å². The van der Waals surface area contributed by atoms with Crippen LogP contribution in [0.4, 0.5) is 0 Å². The fourth-order valence-electron chi connectivity index (χ4n) is 1.54. The number of nitrogens with one attached hydrogen (secondary N) is 1. The molecule has 4 heteroatoms. The highest BCUT2D eigenvalue weighted by molar-refractivity contribution is 14.1. The van der Waals surface area contributed by atoms with E-state index in [-0.39, 0.29) is 12.5 Å². The van der Waals surface area contributed by atoms with E-state index in [0.29, 0.717) is 18.9 Å². The van der Waals surface area contributed by atoms with E-state index >= 15 is 0 Å². The van der Waals surface area contributed by atoms with Crippen LogP contribution in [0.3, 0.4) is 0 Å². The van der Waals surface area contributed by atoms with Crippen LogP contribution in [-0.2, 0) is 0 Å². The van der Waals surface area contributed by atoms with Crippen molar-refractivity contribution in [2.45, 2.75) is 20.3 Å². The van der Waals surface area contributed by atoms with Gasteiger partial charge in [0.05, 0.1) is 0 Å². The predicted octanol–water partition coefficient (Wildman–Crippen LogP) is 2.35. The first-order chi connectivity index (χ1) is 8.06. The largest absolute Gasteiger partial charge is 0.396 e. The zero-order chi connectivity index (χ0) is 12.8. The molecule has 0 aliphatic heterocycles. The third-order valence-electron chi connectivity index (χ3n) is 2.75. The first-order valence-corrected chi connectivity index (χ1v) is 6.78. The van der Waals surface area contributed by atoms with Crippen molar-refractivity contribution in [2.75, 3.05) is 13.2 Å². The van der Waals surface area contributed by atoms with Gasteiger partial charge in [-0.05, 0) is 59.5 Å². The van der Waals surface area contributed by atoms with Crippen molar-refractivity contribution in [1.82, 2.24) is 5.32 Å². The van der Waals surface area contributed by atoms with Gasteiger partial charge in [0, 0.05) is 22.3 Å². The highest BCUT2D eigenvalue weighted by atomic mass is 127. The fourth-order valence-corrected chi connectivity index (χ4v) is 2.04. The van der Waals surface area contributed by atoms with Gasteiger partial charge in [-0.15, -0.1) is 0 Å². The molecule has 0 unspecified atom stereocenters. The molecule has 0 heterocycles. The summed E-state index contributed by atoms with van der Waals surface area (Å²) in [5, 5.41) is 11.7. The highest BCUT2D eigenvalue weighted by Gasteiger charge is 2.11. The Morgan fingerprint density at radius 3 is 2.88 bits per heavy atom. The number of amides is 1. The second-order valence-corrected chi connectivity index (χ2v) is 5.40. The van der Waals surface area contributed by atoms with Crippen molar-refractivity contribution in [1.29, 1.82) is 0 Å². The number of aliphatic hydroxyl groups excluding tert-OH is 1. The van der Waals surface area contributed by atoms with Gasteiger partial charge in [-0.2, -0.15) is 0 Å². The van der Waals surface area contributed by atoms with E-state index in [1.54, 1.807) is 0 Å². The van der Waals surface area contributed by atoms with Crippen LogP contribution in [0.25, 0.3) is 0 Å². The second kappa shape index (κ2) is 6.96. The van der Waals surface area contributed by atoms with Crippen molar-refractivity contribution in [3.8, 4) is 0 Å². The summed E-state index contributed by atoms with van der Waals surface area (Å²) in [7, 11) is 0. The van der Waals surface area contributed by atoms with Gasteiger partial charge in [0.2, 0.25) is 0 Å². The molecule has 94 valence electrons. The van der Waals surface area contributed by atoms with Crippen LogP contribution >= 0.6 is 22.6 Å². The van der Waals surface area contributed by atoms with E-state index in [2.05, 4.69) is 27.9 Å². The van der Waals surface area contributed by atoms with Gasteiger partial charge >= 0.3 is 0 Å². The third kappa shape index (κ3) is 4.27. The molecule has 2 N–H and O–H groups in total. The fraction of sp³-hybridized carbons (Fsp3) is 0.462. The molecular formula is C13H18INO2. The molecule has 0 saturated heterocycles. The van der Waals surface area contributed by atoms with Gasteiger partial charge in [-0.25, -0.2) is 0 Å². The van der Waals surface area contributed by atoms with Crippen LogP contribution in [0.1, 0.15) is 29.3 Å². The minimum absolute atomic E-state index is 0.0363. The van der Waals surface area contributed by atoms with Crippen LogP contribution in [-0.4, -0.2) is 24.2 Å². The molecule has 0 bridgehead atoms. The summed E-state index contributed by atoms with van der Waals surface area (Å²) in [6.07, 6.45) is 0.714. The van der Waals surface area contributed by atoms with E-state index in [1.807, 2.05) is 32.0 Å². The average Bonchev–Trinajstić information content (AvgIpc) is 2.30. The normalized spacial score (nSPS) is 12.2. The standard InChI is InChI=1S/C13H18INO2/c1-9(6-7-16)8-15-13(17)11-4-3-5-12(14)10(11)2/h3-5,9,16H,6-8H2,1-2H3,(H,15,17)/t9-/m0/s1. The van der Waals surface area contributed by atoms with Crippen LogP contribution in [0.2, 0.25) is 0 Å². The summed E-state index contributed by atoms with van der Waals surface area (Å²) in [5.41, 5.74) is 1.74. The summed E-state index contributed by atoms with van der Waals surface area (Å²) >= 11 is 2.23. The number of hydrogen-bond donors (Lipinski definition) is 2. The Labute approximate surface area is 116 Å². The Balaban J connectivity index is 2.61. The number of halogens is 1. The molecule has 17 heavy (non-hydrogen) atoms. The highest BCUT2D eigenvalue weighted by Crippen LogP contribution is 2.15. The molecule has 0 spiro atoms. The number of hydrogen-bond acceptors (Lipinski definition) is 2. The van der Waals surface area contributed by atoms with E-state index < -0.39 is 0 Å². The molecule has 1 amide bonds. The molecule has 0 aliphatic rings. The molecule has 1 aromatic carbocycles. The third-order valence-corrected chi connectivity index (χ3v) is 3.91. The predicted molar refractivity (Wildman–Crippen MR) is 77.1 cm³/mol. The lowest BCUT2D eigenvalue weighted by Gasteiger charge is -2.12. The summed E-state index contributed by atoms with van der Waals surface area (Å²) in [6, 6.07) is 5.71. The van der Waals surface area contributed by atoms with Crippen molar-refractivity contribution < 1.29 is 9.90 Å². The Morgan fingerprint density at radius 2 is 2.24 bits per heavy atom. The number of aliphatic hydroxyl groups is 1. The average molecular weight is 347 g/mol. The lowest BCUT2D eigenvalue weighted by Crippen LogP contribution is -2.29. The summed E-state index contributed by atoms with van der Waals surface area (Å²) in [4.78, 5) is 11.9. The van der Waals surface area contributed by atoms with Gasteiger partial charge in [-0.1, -0.05) is 13.0 Å². The SMILES string of the molecule is Cc1c(I)cccc1C(=O)NC[C@@H](C)CCO. The lowest BCUT2D eigenvalue weighted by molar-refractivity contribution is 0.0944. The Morgan fingerprint density at radius 1 is 1.53 bits per heavy atom. The van der Waals surface area contributed by atoms with Gasteiger partial charge in [0.1, 0.15) is 0 Å². The van der Waals surface area contributed by atoms with Crippen LogP contribution in [0.5, 0.6) is 0 Å².